The topological polar surface area (TPSA) is 96.9 Å². The van der Waals surface area contributed by atoms with Gasteiger partial charge in [0.2, 0.25) is 0 Å². The maximum Gasteiger partial charge on any atom is 0.258 e. The van der Waals surface area contributed by atoms with Crippen molar-refractivity contribution in [2.75, 3.05) is 13.2 Å². The molecule has 9 heteroatoms. The molecule has 2 aromatic carbocycles. The number of aryl methyl sites for hydroxylation is 2. The SMILES string of the molecule is Cc1cc(C)cc(OCC(=O)NC23CCC(NC(=O)COc4ccc(Cl)c(F)c4)(CC2)C[C@@H]3O)c1. The monoisotopic (exact) mass is 504 g/mol. The molecule has 0 unspecified atom stereocenters. The molecule has 2 amide bonds. The van der Waals surface area contributed by atoms with Gasteiger partial charge in [-0.2, -0.15) is 0 Å². The zero-order valence-electron chi connectivity index (χ0n) is 19.8. The number of hydrogen-bond acceptors (Lipinski definition) is 5. The quantitative estimate of drug-likeness (QED) is 0.510. The molecule has 7 nitrogen and oxygen atoms in total. The number of hydrogen-bond donors (Lipinski definition) is 3. The normalized spacial score (nSPS) is 25.1. The molecule has 3 aliphatic carbocycles. The van der Waals surface area contributed by atoms with E-state index in [1.165, 1.54) is 12.1 Å². The molecule has 2 bridgehead atoms. The molecular formula is C26H30ClFN2O5. The molecule has 0 saturated heterocycles. The van der Waals surface area contributed by atoms with Crippen molar-refractivity contribution in [3.05, 3.63) is 58.4 Å². The average Bonchev–Trinajstić information content (AvgIpc) is 2.79. The van der Waals surface area contributed by atoms with Crippen molar-refractivity contribution in [1.29, 1.82) is 0 Å². The number of nitrogens with one attached hydrogen (secondary N) is 2. The van der Waals surface area contributed by atoms with Crippen molar-refractivity contribution in [3.8, 4) is 11.5 Å². The first kappa shape index (κ1) is 25.3. The third-order valence-electron chi connectivity index (χ3n) is 6.94. The maximum absolute atomic E-state index is 13.6. The molecule has 3 saturated carbocycles. The molecule has 35 heavy (non-hydrogen) atoms. The highest BCUT2D eigenvalue weighted by molar-refractivity contribution is 6.30. The number of amides is 2. The Hall–Kier alpha value is -2.84. The van der Waals surface area contributed by atoms with Gasteiger partial charge in [0, 0.05) is 11.6 Å². The van der Waals surface area contributed by atoms with Crippen LogP contribution in [0.2, 0.25) is 5.02 Å². The first-order chi connectivity index (χ1) is 16.6. The predicted molar refractivity (Wildman–Crippen MR) is 129 cm³/mol. The van der Waals surface area contributed by atoms with Gasteiger partial charge in [0.05, 0.1) is 16.7 Å². The molecule has 0 aromatic heterocycles. The Morgan fingerprint density at radius 1 is 0.971 bits per heavy atom. The first-order valence-electron chi connectivity index (χ1n) is 11.7. The number of aliphatic hydroxyl groups is 1. The Morgan fingerprint density at radius 2 is 1.57 bits per heavy atom. The minimum absolute atomic E-state index is 0.0218. The molecule has 0 spiro atoms. The number of carbonyl (C=O) groups is 2. The fourth-order valence-corrected chi connectivity index (χ4v) is 5.31. The van der Waals surface area contributed by atoms with Crippen molar-refractivity contribution in [3.63, 3.8) is 0 Å². The molecule has 2 aromatic rings. The molecule has 188 valence electrons. The maximum atomic E-state index is 13.6. The zero-order valence-corrected chi connectivity index (χ0v) is 20.6. The van der Waals surface area contributed by atoms with Crippen molar-refractivity contribution >= 4 is 23.4 Å². The molecule has 0 heterocycles. The minimum Gasteiger partial charge on any atom is -0.484 e. The van der Waals surface area contributed by atoms with E-state index < -0.39 is 23.0 Å². The first-order valence-corrected chi connectivity index (χ1v) is 12.0. The summed E-state index contributed by atoms with van der Waals surface area (Å²) < 4.78 is 24.6. The van der Waals surface area contributed by atoms with E-state index >= 15 is 0 Å². The number of aliphatic hydroxyl groups excluding tert-OH is 1. The highest BCUT2D eigenvalue weighted by Gasteiger charge is 2.55. The van der Waals surface area contributed by atoms with Crippen LogP contribution in [-0.4, -0.2) is 47.3 Å². The van der Waals surface area contributed by atoms with Gasteiger partial charge in [-0.25, -0.2) is 4.39 Å². The average molecular weight is 505 g/mol. The third kappa shape index (κ3) is 5.87. The largest absolute Gasteiger partial charge is 0.484 e. The van der Waals surface area contributed by atoms with Gasteiger partial charge in [0.1, 0.15) is 17.3 Å². The Kier molecular flexibility index (Phi) is 7.24. The summed E-state index contributed by atoms with van der Waals surface area (Å²) in [6.45, 7) is 3.51. The second kappa shape index (κ2) is 10.0. The Balaban J connectivity index is 1.28. The van der Waals surface area contributed by atoms with E-state index in [2.05, 4.69) is 10.6 Å². The summed E-state index contributed by atoms with van der Waals surface area (Å²) >= 11 is 5.66. The number of fused-ring (bicyclic) bond motifs is 3. The molecule has 3 aliphatic rings. The fourth-order valence-electron chi connectivity index (χ4n) is 5.19. The molecule has 1 atom stereocenters. The second-order valence-electron chi connectivity index (χ2n) is 9.73. The van der Waals surface area contributed by atoms with Gasteiger partial charge in [-0.3, -0.25) is 9.59 Å². The van der Waals surface area contributed by atoms with Crippen LogP contribution in [0, 0.1) is 19.7 Å². The van der Waals surface area contributed by atoms with Crippen molar-refractivity contribution in [1.82, 2.24) is 10.6 Å². The third-order valence-corrected chi connectivity index (χ3v) is 7.25. The van der Waals surface area contributed by atoms with Crippen molar-refractivity contribution in [2.45, 2.75) is 63.1 Å². The lowest BCUT2D eigenvalue weighted by atomic mass is 9.60. The van der Waals surface area contributed by atoms with Gasteiger partial charge in [0.25, 0.3) is 11.8 Å². The summed E-state index contributed by atoms with van der Waals surface area (Å²) in [5.74, 6) is -0.424. The number of ether oxygens (including phenoxy) is 2. The van der Waals surface area contributed by atoms with Gasteiger partial charge in [0.15, 0.2) is 13.2 Å². The van der Waals surface area contributed by atoms with E-state index in [9.17, 15) is 19.1 Å². The smallest absolute Gasteiger partial charge is 0.258 e. The van der Waals surface area contributed by atoms with E-state index in [1.807, 2.05) is 32.0 Å². The lowest BCUT2D eigenvalue weighted by molar-refractivity contribution is -0.137. The molecule has 5 rings (SSSR count). The van der Waals surface area contributed by atoms with Gasteiger partial charge < -0.3 is 25.2 Å². The van der Waals surface area contributed by atoms with Gasteiger partial charge in [-0.05, 0) is 81.3 Å². The number of rotatable bonds is 8. The fraction of sp³-hybridized carbons (Fsp3) is 0.462. The van der Waals surface area contributed by atoms with Crippen molar-refractivity contribution in [2.24, 2.45) is 0 Å². The van der Waals surface area contributed by atoms with Gasteiger partial charge in [-0.15, -0.1) is 0 Å². The van der Waals surface area contributed by atoms with Crippen LogP contribution in [0.5, 0.6) is 11.5 Å². The highest BCUT2D eigenvalue weighted by atomic mass is 35.5. The molecular weight excluding hydrogens is 475 g/mol. The summed E-state index contributed by atoms with van der Waals surface area (Å²) in [7, 11) is 0. The number of carbonyl (C=O) groups excluding carboxylic acids is 2. The number of benzene rings is 2. The van der Waals surface area contributed by atoms with Crippen LogP contribution < -0.4 is 20.1 Å². The Morgan fingerprint density at radius 3 is 2.17 bits per heavy atom. The van der Waals surface area contributed by atoms with Crippen LogP contribution in [0.25, 0.3) is 0 Å². The lowest BCUT2D eigenvalue weighted by Gasteiger charge is -2.56. The summed E-state index contributed by atoms with van der Waals surface area (Å²) in [6, 6.07) is 9.75. The van der Waals surface area contributed by atoms with Crippen LogP contribution >= 0.6 is 11.6 Å². The van der Waals surface area contributed by atoms with Gasteiger partial charge >= 0.3 is 0 Å². The number of halogens is 2. The molecule has 0 radical (unpaired) electrons. The standard InChI is InChI=1S/C26H30ClFN2O5/c1-16-9-17(2)11-19(10-16)35-15-24(33)30-26-7-5-25(6-8-26,13-22(26)31)29-23(32)14-34-18-3-4-20(27)21(28)12-18/h3-4,9-12,22,31H,5-8,13-15H2,1-2H3,(H,29,32)(H,30,33)/t22-,25?,26?/m0/s1. The summed E-state index contributed by atoms with van der Waals surface area (Å²) in [5.41, 5.74) is 0.816. The van der Waals surface area contributed by atoms with E-state index in [-0.39, 0.29) is 35.8 Å². The van der Waals surface area contributed by atoms with Crippen LogP contribution in [0.3, 0.4) is 0 Å². The highest BCUT2D eigenvalue weighted by Crippen LogP contribution is 2.47. The summed E-state index contributed by atoms with van der Waals surface area (Å²) in [4.78, 5) is 25.2. The van der Waals surface area contributed by atoms with Crippen LogP contribution in [0.15, 0.2) is 36.4 Å². The Bertz CT molecular complexity index is 1100. The van der Waals surface area contributed by atoms with Crippen LogP contribution in [0.1, 0.15) is 43.2 Å². The Labute approximate surface area is 208 Å². The van der Waals surface area contributed by atoms with E-state index in [0.29, 0.717) is 37.9 Å². The predicted octanol–water partition coefficient (Wildman–Crippen LogP) is 3.60. The summed E-state index contributed by atoms with van der Waals surface area (Å²) in [5, 5.41) is 16.9. The van der Waals surface area contributed by atoms with E-state index in [1.54, 1.807) is 0 Å². The molecule has 0 aliphatic heterocycles. The zero-order chi connectivity index (χ0) is 25.2. The van der Waals surface area contributed by atoms with Crippen molar-refractivity contribution < 1.29 is 28.6 Å². The van der Waals surface area contributed by atoms with E-state index in [0.717, 1.165) is 17.2 Å². The lowest BCUT2D eigenvalue weighted by Crippen LogP contribution is -2.70. The van der Waals surface area contributed by atoms with E-state index in [4.69, 9.17) is 21.1 Å². The van der Waals surface area contributed by atoms with Gasteiger partial charge in [-0.1, -0.05) is 17.7 Å². The molecule has 3 N–H and O–H groups in total. The van der Waals surface area contributed by atoms with Crippen LogP contribution in [-0.2, 0) is 9.59 Å². The second-order valence-corrected chi connectivity index (χ2v) is 10.1. The van der Waals surface area contributed by atoms with Crippen LogP contribution in [0.4, 0.5) is 4.39 Å². The molecule has 3 fully saturated rings. The minimum atomic E-state index is -0.804. The summed E-state index contributed by atoms with van der Waals surface area (Å²) in [6.07, 6.45) is 1.82.